The van der Waals surface area contributed by atoms with Crippen LogP contribution in [-0.2, 0) is 5.54 Å². The monoisotopic (exact) mass is 264 g/mol. The molecule has 19 heavy (non-hydrogen) atoms. The molecule has 0 amide bonds. The molecule has 5 heteroatoms. The highest BCUT2D eigenvalue weighted by Crippen LogP contribution is 2.16. The van der Waals surface area contributed by atoms with Gasteiger partial charge in [-0.2, -0.15) is 0 Å². The SMILES string of the molecule is CCCN(c1nccn(C(C)(C)C)c1=O)C1CNC1. The number of hydrogen-bond acceptors (Lipinski definition) is 4. The molecule has 1 saturated heterocycles. The molecule has 0 atom stereocenters. The van der Waals surface area contributed by atoms with Crippen molar-refractivity contribution in [1.29, 1.82) is 0 Å². The Kier molecular flexibility index (Phi) is 3.94. The highest BCUT2D eigenvalue weighted by molar-refractivity contribution is 5.38. The van der Waals surface area contributed by atoms with Gasteiger partial charge in [-0.1, -0.05) is 6.92 Å². The molecule has 5 nitrogen and oxygen atoms in total. The largest absolute Gasteiger partial charge is 0.346 e. The molecule has 1 fully saturated rings. The Balaban J connectivity index is 2.40. The lowest BCUT2D eigenvalue weighted by Crippen LogP contribution is -2.59. The van der Waals surface area contributed by atoms with E-state index in [2.05, 4.69) is 22.1 Å². The lowest BCUT2D eigenvalue weighted by atomic mass is 10.1. The van der Waals surface area contributed by atoms with Gasteiger partial charge in [-0.15, -0.1) is 0 Å². The van der Waals surface area contributed by atoms with Crippen molar-refractivity contribution in [2.24, 2.45) is 0 Å². The predicted molar refractivity (Wildman–Crippen MR) is 77.8 cm³/mol. The molecule has 1 aliphatic rings. The van der Waals surface area contributed by atoms with Crippen LogP contribution in [0.15, 0.2) is 17.2 Å². The number of rotatable bonds is 4. The molecule has 0 radical (unpaired) electrons. The molecule has 0 bridgehead atoms. The summed E-state index contributed by atoms with van der Waals surface area (Å²) in [5.41, 5.74) is -0.208. The average Bonchev–Trinajstić information content (AvgIpc) is 2.25. The third kappa shape index (κ3) is 2.81. The zero-order valence-corrected chi connectivity index (χ0v) is 12.3. The van der Waals surface area contributed by atoms with Gasteiger partial charge < -0.3 is 14.8 Å². The van der Waals surface area contributed by atoms with Crippen molar-refractivity contribution < 1.29 is 0 Å². The maximum absolute atomic E-state index is 12.6. The van der Waals surface area contributed by atoms with E-state index in [0.717, 1.165) is 26.1 Å². The molecule has 1 aliphatic heterocycles. The molecular weight excluding hydrogens is 240 g/mol. The van der Waals surface area contributed by atoms with Gasteiger partial charge in [-0.25, -0.2) is 4.98 Å². The van der Waals surface area contributed by atoms with E-state index in [-0.39, 0.29) is 11.1 Å². The van der Waals surface area contributed by atoms with Gasteiger partial charge in [0.05, 0.1) is 6.04 Å². The number of anilines is 1. The fourth-order valence-electron chi connectivity index (χ4n) is 2.32. The smallest absolute Gasteiger partial charge is 0.293 e. The molecule has 2 heterocycles. The van der Waals surface area contributed by atoms with Gasteiger partial charge in [0, 0.05) is 37.6 Å². The van der Waals surface area contributed by atoms with Crippen LogP contribution in [0.3, 0.4) is 0 Å². The van der Waals surface area contributed by atoms with Crippen LogP contribution in [0.2, 0.25) is 0 Å². The van der Waals surface area contributed by atoms with Gasteiger partial charge in [0.15, 0.2) is 5.82 Å². The maximum Gasteiger partial charge on any atom is 0.293 e. The van der Waals surface area contributed by atoms with E-state index >= 15 is 0 Å². The summed E-state index contributed by atoms with van der Waals surface area (Å²) in [6, 6.07) is 0.399. The normalized spacial score (nSPS) is 16.2. The van der Waals surface area contributed by atoms with E-state index in [9.17, 15) is 4.79 Å². The first-order chi connectivity index (χ1) is 8.95. The Hall–Kier alpha value is -1.36. The zero-order chi connectivity index (χ0) is 14.0. The Morgan fingerprint density at radius 2 is 2.16 bits per heavy atom. The first kappa shape index (κ1) is 14.1. The van der Waals surface area contributed by atoms with Gasteiger partial charge in [0.1, 0.15) is 0 Å². The highest BCUT2D eigenvalue weighted by atomic mass is 16.1. The molecular formula is C14H24N4O. The molecule has 1 aromatic heterocycles. The van der Waals surface area contributed by atoms with Crippen LogP contribution < -0.4 is 15.8 Å². The van der Waals surface area contributed by atoms with Crippen LogP contribution >= 0.6 is 0 Å². The molecule has 0 spiro atoms. The fraction of sp³-hybridized carbons (Fsp3) is 0.714. The minimum atomic E-state index is -0.218. The van der Waals surface area contributed by atoms with Crippen molar-refractivity contribution >= 4 is 5.82 Å². The first-order valence-electron chi connectivity index (χ1n) is 7.00. The topological polar surface area (TPSA) is 50.2 Å². The lowest BCUT2D eigenvalue weighted by molar-refractivity contribution is 0.375. The molecule has 106 valence electrons. The summed E-state index contributed by atoms with van der Waals surface area (Å²) in [5, 5.41) is 3.26. The minimum Gasteiger partial charge on any atom is -0.346 e. The zero-order valence-electron chi connectivity index (χ0n) is 12.3. The van der Waals surface area contributed by atoms with Crippen molar-refractivity contribution in [2.75, 3.05) is 24.5 Å². The lowest BCUT2D eigenvalue weighted by Gasteiger charge is -2.39. The van der Waals surface area contributed by atoms with Gasteiger partial charge in [-0.3, -0.25) is 4.79 Å². The molecule has 1 aromatic rings. The second-order valence-electron chi connectivity index (χ2n) is 6.10. The summed E-state index contributed by atoms with van der Waals surface area (Å²) < 4.78 is 1.77. The fourth-order valence-corrected chi connectivity index (χ4v) is 2.32. The average molecular weight is 264 g/mol. The summed E-state index contributed by atoms with van der Waals surface area (Å²) in [5.74, 6) is 0.589. The second kappa shape index (κ2) is 5.33. The molecule has 0 saturated carbocycles. The molecule has 1 N–H and O–H groups in total. The van der Waals surface area contributed by atoms with Crippen molar-refractivity contribution in [1.82, 2.24) is 14.9 Å². The number of nitrogens with one attached hydrogen (secondary N) is 1. The van der Waals surface area contributed by atoms with Crippen molar-refractivity contribution in [3.8, 4) is 0 Å². The van der Waals surface area contributed by atoms with Gasteiger partial charge in [0.2, 0.25) is 0 Å². The van der Waals surface area contributed by atoms with Crippen LogP contribution in [0, 0.1) is 0 Å². The Bertz CT molecular complexity index is 485. The van der Waals surface area contributed by atoms with E-state index in [0.29, 0.717) is 11.9 Å². The van der Waals surface area contributed by atoms with Crippen LogP contribution in [0.25, 0.3) is 0 Å². The summed E-state index contributed by atoms with van der Waals surface area (Å²) >= 11 is 0. The van der Waals surface area contributed by atoms with Gasteiger partial charge in [0.25, 0.3) is 5.56 Å². The molecule has 2 rings (SSSR count). The molecule has 0 unspecified atom stereocenters. The van der Waals surface area contributed by atoms with Crippen LogP contribution in [0.1, 0.15) is 34.1 Å². The predicted octanol–water partition coefficient (Wildman–Crippen LogP) is 1.19. The van der Waals surface area contributed by atoms with Crippen LogP contribution in [0.5, 0.6) is 0 Å². The standard InChI is InChI=1S/C14H24N4O/c1-5-7-17(11-9-15-10-11)12-13(19)18(8-6-16-12)14(2,3)4/h6,8,11,15H,5,7,9-10H2,1-4H3. The molecule has 0 aliphatic carbocycles. The number of aromatic nitrogens is 2. The summed E-state index contributed by atoms with van der Waals surface area (Å²) in [6.07, 6.45) is 4.52. The Labute approximate surface area is 114 Å². The first-order valence-corrected chi connectivity index (χ1v) is 7.00. The van der Waals surface area contributed by atoms with E-state index in [1.807, 2.05) is 20.8 Å². The summed E-state index contributed by atoms with van der Waals surface area (Å²) in [6.45, 7) is 11.0. The van der Waals surface area contributed by atoms with Crippen molar-refractivity contribution in [3.05, 3.63) is 22.7 Å². The van der Waals surface area contributed by atoms with Gasteiger partial charge >= 0.3 is 0 Å². The maximum atomic E-state index is 12.6. The van der Waals surface area contributed by atoms with E-state index in [1.54, 1.807) is 17.0 Å². The second-order valence-corrected chi connectivity index (χ2v) is 6.10. The van der Waals surface area contributed by atoms with Crippen molar-refractivity contribution in [2.45, 2.75) is 45.7 Å². The Morgan fingerprint density at radius 3 is 2.63 bits per heavy atom. The summed E-state index contributed by atoms with van der Waals surface area (Å²) in [7, 11) is 0. The Morgan fingerprint density at radius 1 is 1.47 bits per heavy atom. The highest BCUT2D eigenvalue weighted by Gasteiger charge is 2.28. The number of nitrogens with zero attached hydrogens (tertiary/aromatic N) is 3. The number of hydrogen-bond donors (Lipinski definition) is 1. The van der Waals surface area contributed by atoms with Gasteiger partial charge in [-0.05, 0) is 27.2 Å². The quantitative estimate of drug-likeness (QED) is 0.887. The van der Waals surface area contributed by atoms with E-state index in [1.165, 1.54) is 0 Å². The van der Waals surface area contributed by atoms with Crippen molar-refractivity contribution in [3.63, 3.8) is 0 Å². The van der Waals surface area contributed by atoms with Crippen LogP contribution in [0.4, 0.5) is 5.82 Å². The summed E-state index contributed by atoms with van der Waals surface area (Å²) in [4.78, 5) is 19.1. The van der Waals surface area contributed by atoms with E-state index < -0.39 is 0 Å². The van der Waals surface area contributed by atoms with Crippen LogP contribution in [-0.4, -0.2) is 35.2 Å². The third-order valence-corrected chi connectivity index (χ3v) is 3.48. The third-order valence-electron chi connectivity index (χ3n) is 3.48. The minimum absolute atomic E-state index is 0.00958. The van der Waals surface area contributed by atoms with E-state index in [4.69, 9.17) is 0 Å². The molecule has 0 aromatic carbocycles.